The van der Waals surface area contributed by atoms with Gasteiger partial charge in [-0.15, -0.1) is 0 Å². The van der Waals surface area contributed by atoms with E-state index in [1.54, 1.807) is 6.20 Å². The van der Waals surface area contributed by atoms with E-state index in [4.69, 9.17) is 11.6 Å². The molecule has 1 aromatic heterocycles. The van der Waals surface area contributed by atoms with Crippen LogP contribution in [-0.4, -0.2) is 40.1 Å². The van der Waals surface area contributed by atoms with Crippen molar-refractivity contribution >= 4 is 11.6 Å². The Bertz CT molecular complexity index is 363. The number of hydrogen-bond acceptors (Lipinski definition) is 3. The molecule has 2 heterocycles. The molecule has 1 aromatic rings. The van der Waals surface area contributed by atoms with Crippen LogP contribution in [0.15, 0.2) is 6.20 Å². The number of likely N-dealkylation sites (tertiary alicyclic amines) is 1. The second-order valence-corrected chi connectivity index (χ2v) is 5.06. The molecular weight excluding hydrogens is 236 g/mol. The predicted molar refractivity (Wildman–Crippen MR) is 70.2 cm³/mol. The van der Waals surface area contributed by atoms with E-state index in [9.17, 15) is 0 Å². The normalized spacial score (nSPS) is 21.9. The Morgan fingerprint density at radius 2 is 2.41 bits per heavy atom. The van der Waals surface area contributed by atoms with Crippen LogP contribution in [0.25, 0.3) is 0 Å². The maximum Gasteiger partial charge on any atom is 0.128 e. The second kappa shape index (κ2) is 5.85. The van der Waals surface area contributed by atoms with Gasteiger partial charge >= 0.3 is 0 Å². The number of halogens is 1. The van der Waals surface area contributed by atoms with Crippen molar-refractivity contribution < 1.29 is 0 Å². The van der Waals surface area contributed by atoms with Gasteiger partial charge in [-0.1, -0.05) is 18.5 Å². The third kappa shape index (κ3) is 3.21. The summed E-state index contributed by atoms with van der Waals surface area (Å²) in [4.78, 5) is 6.79. The van der Waals surface area contributed by atoms with Gasteiger partial charge in [-0.3, -0.25) is 0 Å². The molecule has 0 amide bonds. The fourth-order valence-corrected chi connectivity index (χ4v) is 2.48. The van der Waals surface area contributed by atoms with Crippen molar-refractivity contribution in [3.05, 3.63) is 17.2 Å². The molecule has 1 aliphatic rings. The van der Waals surface area contributed by atoms with Crippen LogP contribution in [-0.2, 0) is 13.6 Å². The van der Waals surface area contributed by atoms with E-state index in [1.165, 1.54) is 19.4 Å². The van der Waals surface area contributed by atoms with E-state index in [2.05, 4.69) is 22.1 Å². The van der Waals surface area contributed by atoms with Gasteiger partial charge in [0.2, 0.25) is 0 Å². The smallest absolute Gasteiger partial charge is 0.128 e. The van der Waals surface area contributed by atoms with E-state index in [0.29, 0.717) is 11.2 Å². The van der Waals surface area contributed by atoms with Gasteiger partial charge in [-0.2, -0.15) is 0 Å². The number of piperidine rings is 1. The minimum atomic E-state index is 0.583. The molecule has 1 saturated heterocycles. The molecule has 1 unspecified atom stereocenters. The Hall–Kier alpha value is -0.580. The molecule has 0 aliphatic carbocycles. The quantitative estimate of drug-likeness (QED) is 0.889. The Balaban J connectivity index is 1.83. The van der Waals surface area contributed by atoms with Crippen LogP contribution in [0.3, 0.4) is 0 Å². The van der Waals surface area contributed by atoms with Crippen molar-refractivity contribution in [3.8, 4) is 0 Å². The lowest BCUT2D eigenvalue weighted by Crippen LogP contribution is -2.45. The van der Waals surface area contributed by atoms with Crippen molar-refractivity contribution in [2.45, 2.75) is 32.4 Å². The number of aromatic nitrogens is 2. The molecule has 1 aliphatic heterocycles. The van der Waals surface area contributed by atoms with E-state index >= 15 is 0 Å². The maximum absolute atomic E-state index is 5.96. The zero-order valence-electron chi connectivity index (χ0n) is 10.6. The van der Waals surface area contributed by atoms with Gasteiger partial charge in [-0.25, -0.2) is 4.98 Å². The molecule has 0 aromatic carbocycles. The Labute approximate surface area is 108 Å². The molecule has 1 N–H and O–H groups in total. The third-order valence-corrected chi connectivity index (χ3v) is 3.88. The van der Waals surface area contributed by atoms with Crippen molar-refractivity contribution in [1.82, 2.24) is 19.8 Å². The lowest BCUT2D eigenvalue weighted by Gasteiger charge is -2.32. The summed E-state index contributed by atoms with van der Waals surface area (Å²) in [5.41, 5.74) is 0. The molecular formula is C12H21ClN4. The summed E-state index contributed by atoms with van der Waals surface area (Å²) in [6, 6.07) is 0.583. The number of imidazole rings is 1. The van der Waals surface area contributed by atoms with Gasteiger partial charge in [0, 0.05) is 19.6 Å². The number of likely N-dealkylation sites (N-methyl/N-ethyl adjacent to an activating group) is 1. The average Bonchev–Trinajstić information content (AvgIpc) is 2.68. The van der Waals surface area contributed by atoms with Crippen LogP contribution in [0.5, 0.6) is 0 Å². The van der Waals surface area contributed by atoms with Crippen LogP contribution >= 0.6 is 11.6 Å². The molecule has 96 valence electrons. The fourth-order valence-electron chi connectivity index (χ4n) is 2.33. The number of nitrogens with one attached hydrogen (secondary N) is 1. The molecule has 0 saturated carbocycles. The first-order chi connectivity index (χ1) is 8.20. The van der Waals surface area contributed by atoms with Gasteiger partial charge in [-0.05, 0) is 25.9 Å². The Morgan fingerprint density at radius 3 is 3.06 bits per heavy atom. The topological polar surface area (TPSA) is 33.1 Å². The molecule has 1 fully saturated rings. The highest BCUT2D eigenvalue weighted by Crippen LogP contribution is 2.12. The van der Waals surface area contributed by atoms with Crippen LogP contribution in [0.2, 0.25) is 5.15 Å². The van der Waals surface area contributed by atoms with Gasteiger partial charge in [0.1, 0.15) is 11.0 Å². The molecule has 4 nitrogen and oxygen atoms in total. The lowest BCUT2D eigenvalue weighted by atomic mass is 10.1. The summed E-state index contributed by atoms with van der Waals surface area (Å²) in [5, 5.41) is 4.27. The monoisotopic (exact) mass is 256 g/mol. The fraction of sp³-hybridized carbons (Fsp3) is 0.750. The second-order valence-electron chi connectivity index (χ2n) is 4.67. The molecule has 5 heteroatoms. The predicted octanol–water partition coefficient (Wildman–Crippen LogP) is 1.65. The lowest BCUT2D eigenvalue weighted by molar-refractivity contribution is 0.197. The summed E-state index contributed by atoms with van der Waals surface area (Å²) >= 11 is 5.96. The van der Waals surface area contributed by atoms with E-state index in [1.807, 2.05) is 11.6 Å². The zero-order valence-corrected chi connectivity index (χ0v) is 11.4. The number of rotatable bonds is 4. The van der Waals surface area contributed by atoms with Crippen molar-refractivity contribution in [2.24, 2.45) is 7.05 Å². The number of nitrogens with zero attached hydrogens (tertiary/aromatic N) is 3. The average molecular weight is 257 g/mol. The SMILES string of the molecule is CCN1CCCC(NCc2ncc(Cl)n2C)C1. The van der Waals surface area contributed by atoms with E-state index < -0.39 is 0 Å². The van der Waals surface area contributed by atoms with Gasteiger partial charge in [0.05, 0.1) is 12.7 Å². The summed E-state index contributed by atoms with van der Waals surface area (Å²) in [6.07, 6.45) is 4.25. The summed E-state index contributed by atoms with van der Waals surface area (Å²) in [5.74, 6) is 1.00. The minimum Gasteiger partial charge on any atom is -0.321 e. The first kappa shape index (κ1) is 12.9. The summed E-state index contributed by atoms with van der Waals surface area (Å²) in [7, 11) is 1.95. The molecule has 0 radical (unpaired) electrons. The van der Waals surface area contributed by atoms with Crippen LogP contribution < -0.4 is 5.32 Å². The van der Waals surface area contributed by atoms with Gasteiger partial charge in [0.25, 0.3) is 0 Å². The van der Waals surface area contributed by atoms with E-state index in [0.717, 1.165) is 25.5 Å². The molecule has 0 spiro atoms. The standard InChI is InChI=1S/C12H21ClN4/c1-3-17-6-4-5-10(9-17)14-8-12-15-7-11(13)16(12)2/h7,10,14H,3-6,8-9H2,1-2H3. The molecule has 0 bridgehead atoms. The van der Waals surface area contributed by atoms with Gasteiger partial charge < -0.3 is 14.8 Å². The Morgan fingerprint density at radius 1 is 1.59 bits per heavy atom. The highest BCUT2D eigenvalue weighted by atomic mass is 35.5. The highest BCUT2D eigenvalue weighted by Gasteiger charge is 2.18. The first-order valence-electron chi connectivity index (χ1n) is 6.32. The van der Waals surface area contributed by atoms with Crippen LogP contribution in [0, 0.1) is 0 Å². The van der Waals surface area contributed by atoms with Crippen molar-refractivity contribution in [2.75, 3.05) is 19.6 Å². The molecule has 2 rings (SSSR count). The van der Waals surface area contributed by atoms with Crippen LogP contribution in [0.4, 0.5) is 0 Å². The summed E-state index contributed by atoms with van der Waals surface area (Å²) in [6.45, 7) is 6.55. The van der Waals surface area contributed by atoms with E-state index in [-0.39, 0.29) is 0 Å². The first-order valence-corrected chi connectivity index (χ1v) is 6.70. The zero-order chi connectivity index (χ0) is 12.3. The largest absolute Gasteiger partial charge is 0.321 e. The van der Waals surface area contributed by atoms with Crippen LogP contribution in [0.1, 0.15) is 25.6 Å². The summed E-state index contributed by atoms with van der Waals surface area (Å²) < 4.78 is 1.93. The molecule has 1 atom stereocenters. The third-order valence-electron chi connectivity index (χ3n) is 3.53. The Kier molecular flexibility index (Phi) is 4.42. The highest BCUT2D eigenvalue weighted by molar-refractivity contribution is 6.29. The minimum absolute atomic E-state index is 0.583. The maximum atomic E-state index is 5.96. The molecule has 17 heavy (non-hydrogen) atoms. The van der Waals surface area contributed by atoms with Gasteiger partial charge in [0.15, 0.2) is 0 Å². The van der Waals surface area contributed by atoms with Crippen molar-refractivity contribution in [1.29, 1.82) is 0 Å². The van der Waals surface area contributed by atoms with Crippen molar-refractivity contribution in [3.63, 3.8) is 0 Å². The number of hydrogen-bond donors (Lipinski definition) is 1.